The second-order valence-electron chi connectivity index (χ2n) is 6.39. The molecule has 0 aromatic carbocycles. The third-order valence-corrected chi connectivity index (χ3v) is 4.75. The molecule has 1 amide bonds. The molecule has 4 rings (SSSR count). The topological polar surface area (TPSA) is 121 Å². The van der Waals surface area contributed by atoms with Gasteiger partial charge in [0.2, 0.25) is 5.91 Å². The van der Waals surface area contributed by atoms with Crippen LogP contribution in [0.4, 0.5) is 5.82 Å². The standard InChI is InChI=1S/C18H17N7O3S/c1-10-7-11(2)20-17(19-10)25-14(8-12(3)22-25)21-15(26)9-24-18(27)28-16(23-24)13-5-4-6-29-13/h4-8H,9H2,1-3H3,(H,21,26). The first-order chi connectivity index (χ1) is 13.9. The smallest absolute Gasteiger partial charge is 0.387 e. The molecule has 0 fully saturated rings. The van der Waals surface area contributed by atoms with E-state index < -0.39 is 11.7 Å². The molecule has 0 spiro atoms. The third kappa shape index (κ3) is 3.99. The number of amides is 1. The molecule has 10 nitrogen and oxygen atoms in total. The van der Waals surface area contributed by atoms with Crippen molar-refractivity contribution in [3.63, 3.8) is 0 Å². The van der Waals surface area contributed by atoms with Crippen LogP contribution in [0.2, 0.25) is 0 Å². The summed E-state index contributed by atoms with van der Waals surface area (Å²) in [6.45, 7) is 5.21. The summed E-state index contributed by atoms with van der Waals surface area (Å²) >= 11 is 1.39. The summed E-state index contributed by atoms with van der Waals surface area (Å²) in [6, 6.07) is 7.15. The maximum absolute atomic E-state index is 12.5. The van der Waals surface area contributed by atoms with E-state index in [1.807, 2.05) is 31.4 Å². The van der Waals surface area contributed by atoms with Crippen molar-refractivity contribution in [1.29, 1.82) is 0 Å². The number of thiophene rings is 1. The second-order valence-corrected chi connectivity index (χ2v) is 7.34. The van der Waals surface area contributed by atoms with Gasteiger partial charge in [0.05, 0.1) is 10.6 Å². The predicted octanol–water partition coefficient (Wildman–Crippen LogP) is 2.10. The van der Waals surface area contributed by atoms with Gasteiger partial charge in [-0.1, -0.05) is 6.07 Å². The van der Waals surface area contributed by atoms with Crippen molar-refractivity contribution < 1.29 is 9.21 Å². The van der Waals surface area contributed by atoms with Gasteiger partial charge in [0, 0.05) is 17.5 Å². The van der Waals surface area contributed by atoms with Crippen LogP contribution in [0.15, 0.2) is 38.9 Å². The van der Waals surface area contributed by atoms with Crippen LogP contribution in [0.5, 0.6) is 0 Å². The van der Waals surface area contributed by atoms with Gasteiger partial charge in [-0.2, -0.15) is 14.5 Å². The minimum absolute atomic E-state index is 0.183. The van der Waals surface area contributed by atoms with Crippen molar-refractivity contribution in [2.45, 2.75) is 27.3 Å². The lowest BCUT2D eigenvalue weighted by Gasteiger charge is -2.08. The molecular formula is C18H17N7O3S. The number of hydrogen-bond acceptors (Lipinski definition) is 8. The lowest BCUT2D eigenvalue weighted by atomic mass is 10.4. The summed E-state index contributed by atoms with van der Waals surface area (Å²) < 4.78 is 7.55. The number of anilines is 1. The Labute approximate surface area is 168 Å². The van der Waals surface area contributed by atoms with Crippen LogP contribution in [-0.2, 0) is 11.3 Å². The SMILES string of the molecule is Cc1cc(C)nc(-n2nc(C)cc2NC(=O)Cn2nc(-c3cccs3)oc2=O)n1. The van der Waals surface area contributed by atoms with Gasteiger partial charge in [-0.25, -0.2) is 14.8 Å². The zero-order valence-electron chi connectivity index (χ0n) is 15.9. The Morgan fingerprint density at radius 1 is 1.14 bits per heavy atom. The largest absolute Gasteiger partial charge is 0.437 e. The van der Waals surface area contributed by atoms with Crippen molar-refractivity contribution >= 4 is 23.1 Å². The molecule has 0 aliphatic carbocycles. The number of nitrogens with zero attached hydrogens (tertiary/aromatic N) is 6. The highest BCUT2D eigenvalue weighted by molar-refractivity contribution is 7.13. The van der Waals surface area contributed by atoms with Crippen LogP contribution in [0, 0.1) is 20.8 Å². The molecule has 4 heterocycles. The number of carbonyl (C=O) groups excluding carboxylic acids is 1. The number of aryl methyl sites for hydroxylation is 3. The van der Waals surface area contributed by atoms with Gasteiger partial charge in [-0.3, -0.25) is 4.79 Å². The molecular weight excluding hydrogens is 394 g/mol. The van der Waals surface area contributed by atoms with Crippen LogP contribution in [0.1, 0.15) is 17.1 Å². The van der Waals surface area contributed by atoms with Gasteiger partial charge in [0.1, 0.15) is 12.4 Å². The van der Waals surface area contributed by atoms with Gasteiger partial charge in [0.15, 0.2) is 0 Å². The summed E-state index contributed by atoms with van der Waals surface area (Å²) in [5.74, 6) is -0.228. The molecule has 11 heteroatoms. The zero-order valence-corrected chi connectivity index (χ0v) is 16.7. The summed E-state index contributed by atoms with van der Waals surface area (Å²) in [4.78, 5) is 34.0. The zero-order chi connectivity index (χ0) is 20.5. The van der Waals surface area contributed by atoms with Crippen LogP contribution in [-0.4, -0.2) is 35.4 Å². The normalized spacial score (nSPS) is 11.0. The Morgan fingerprint density at radius 2 is 1.90 bits per heavy atom. The van der Waals surface area contributed by atoms with E-state index in [1.165, 1.54) is 16.0 Å². The van der Waals surface area contributed by atoms with Crippen molar-refractivity contribution in [2.24, 2.45) is 0 Å². The van der Waals surface area contributed by atoms with Crippen LogP contribution in [0.3, 0.4) is 0 Å². The summed E-state index contributed by atoms with van der Waals surface area (Å²) in [5.41, 5.74) is 2.25. The Bertz CT molecular complexity index is 1220. The Balaban J connectivity index is 1.56. The molecule has 0 atom stereocenters. The molecule has 0 aliphatic rings. The van der Waals surface area contributed by atoms with Crippen molar-refractivity contribution in [2.75, 3.05) is 5.32 Å². The molecule has 0 saturated heterocycles. The highest BCUT2D eigenvalue weighted by Crippen LogP contribution is 2.21. The summed E-state index contributed by atoms with van der Waals surface area (Å²) in [5, 5.41) is 13.0. The first-order valence-corrected chi connectivity index (χ1v) is 9.58. The first-order valence-electron chi connectivity index (χ1n) is 8.70. The number of rotatable bonds is 5. The maximum atomic E-state index is 12.5. The molecule has 4 aromatic heterocycles. The molecule has 0 radical (unpaired) electrons. The fraction of sp³-hybridized carbons (Fsp3) is 0.222. The lowest BCUT2D eigenvalue weighted by Crippen LogP contribution is -2.26. The molecule has 0 unspecified atom stereocenters. The van der Waals surface area contributed by atoms with Gasteiger partial charge in [-0.15, -0.1) is 16.4 Å². The van der Waals surface area contributed by atoms with Crippen LogP contribution >= 0.6 is 11.3 Å². The Morgan fingerprint density at radius 3 is 2.59 bits per heavy atom. The fourth-order valence-corrected chi connectivity index (χ4v) is 3.41. The van der Waals surface area contributed by atoms with Crippen LogP contribution < -0.4 is 11.1 Å². The molecule has 4 aromatic rings. The molecule has 0 aliphatic heterocycles. The quantitative estimate of drug-likeness (QED) is 0.534. The Kier molecular flexibility index (Phi) is 4.80. The maximum Gasteiger partial charge on any atom is 0.437 e. The highest BCUT2D eigenvalue weighted by atomic mass is 32.1. The van der Waals surface area contributed by atoms with E-state index in [9.17, 15) is 9.59 Å². The van der Waals surface area contributed by atoms with E-state index in [0.29, 0.717) is 22.3 Å². The lowest BCUT2D eigenvalue weighted by molar-refractivity contribution is -0.117. The van der Waals surface area contributed by atoms with E-state index in [2.05, 4.69) is 25.5 Å². The van der Waals surface area contributed by atoms with Crippen molar-refractivity contribution in [3.8, 4) is 16.7 Å². The summed E-state index contributed by atoms with van der Waals surface area (Å²) in [7, 11) is 0. The van der Waals surface area contributed by atoms with E-state index in [-0.39, 0.29) is 12.4 Å². The van der Waals surface area contributed by atoms with E-state index in [4.69, 9.17) is 4.42 Å². The average Bonchev–Trinajstić information content (AvgIpc) is 3.35. The van der Waals surface area contributed by atoms with Crippen molar-refractivity contribution in [3.05, 3.63) is 57.3 Å². The molecule has 0 bridgehead atoms. The van der Waals surface area contributed by atoms with Crippen LogP contribution in [0.25, 0.3) is 16.7 Å². The van der Waals surface area contributed by atoms with Gasteiger partial charge in [-0.05, 0) is 38.3 Å². The Hall–Kier alpha value is -3.60. The van der Waals surface area contributed by atoms with E-state index in [0.717, 1.165) is 16.1 Å². The number of nitrogens with one attached hydrogen (secondary N) is 1. The van der Waals surface area contributed by atoms with Crippen molar-refractivity contribution in [1.82, 2.24) is 29.5 Å². The van der Waals surface area contributed by atoms with E-state index in [1.54, 1.807) is 19.1 Å². The summed E-state index contributed by atoms with van der Waals surface area (Å²) in [6.07, 6.45) is 0. The second kappa shape index (κ2) is 7.43. The number of aromatic nitrogens is 6. The fourth-order valence-electron chi connectivity index (χ4n) is 2.77. The highest BCUT2D eigenvalue weighted by Gasteiger charge is 2.17. The third-order valence-electron chi connectivity index (χ3n) is 3.89. The molecule has 0 saturated carbocycles. The van der Waals surface area contributed by atoms with Gasteiger partial charge in [0.25, 0.3) is 11.8 Å². The van der Waals surface area contributed by atoms with Gasteiger partial charge < -0.3 is 9.73 Å². The molecule has 29 heavy (non-hydrogen) atoms. The minimum Gasteiger partial charge on any atom is -0.387 e. The number of carbonyl (C=O) groups is 1. The predicted molar refractivity (Wildman–Crippen MR) is 106 cm³/mol. The average molecular weight is 411 g/mol. The molecule has 148 valence electrons. The monoisotopic (exact) mass is 411 g/mol. The van der Waals surface area contributed by atoms with Gasteiger partial charge >= 0.3 is 5.76 Å². The minimum atomic E-state index is -0.703. The molecule has 1 N–H and O–H groups in total. The van der Waals surface area contributed by atoms with E-state index >= 15 is 0 Å². The number of hydrogen-bond donors (Lipinski definition) is 1. The first kappa shape index (κ1) is 18.7.